The number of carbonyl (C=O) groups excluding carboxylic acids is 1. The van der Waals surface area contributed by atoms with E-state index in [1.165, 1.54) is 10.7 Å². The molecule has 0 fully saturated rings. The van der Waals surface area contributed by atoms with Crippen molar-refractivity contribution in [3.05, 3.63) is 49.9 Å². The Kier molecular flexibility index (Phi) is 7.13. The molecule has 152 valence electrons. The SMILES string of the molecule is COc1ccc(C)cc1-n1nnnc1SCC(=O)Nc1c(Cl)c(Cl)cc(Cl)c1Cl. The number of carbonyl (C=O) groups is 1. The first kappa shape index (κ1) is 22.0. The van der Waals surface area contributed by atoms with Crippen molar-refractivity contribution in [2.24, 2.45) is 0 Å². The van der Waals surface area contributed by atoms with E-state index in [1.54, 1.807) is 7.11 Å². The van der Waals surface area contributed by atoms with Gasteiger partial charge >= 0.3 is 0 Å². The predicted octanol–water partition coefficient (Wildman–Crippen LogP) is 5.32. The second kappa shape index (κ2) is 9.40. The van der Waals surface area contributed by atoms with Crippen molar-refractivity contribution < 1.29 is 9.53 Å². The van der Waals surface area contributed by atoms with Gasteiger partial charge in [-0.1, -0.05) is 64.2 Å². The Balaban J connectivity index is 1.77. The summed E-state index contributed by atoms with van der Waals surface area (Å²) >= 11 is 25.3. The third kappa shape index (κ3) is 4.90. The molecule has 0 radical (unpaired) electrons. The summed E-state index contributed by atoms with van der Waals surface area (Å²) in [5, 5.41) is 15.3. The van der Waals surface area contributed by atoms with Crippen molar-refractivity contribution in [3.8, 4) is 11.4 Å². The summed E-state index contributed by atoms with van der Waals surface area (Å²) < 4.78 is 6.87. The van der Waals surface area contributed by atoms with Crippen LogP contribution in [0.1, 0.15) is 5.56 Å². The summed E-state index contributed by atoms with van der Waals surface area (Å²) in [6.45, 7) is 1.94. The van der Waals surface area contributed by atoms with Crippen LogP contribution < -0.4 is 10.1 Å². The van der Waals surface area contributed by atoms with Crippen LogP contribution in [0.5, 0.6) is 5.75 Å². The van der Waals surface area contributed by atoms with Gasteiger partial charge in [0.1, 0.15) is 11.4 Å². The number of anilines is 1. The molecule has 1 amide bonds. The Morgan fingerprint density at radius 2 is 1.86 bits per heavy atom. The first-order valence-corrected chi connectivity index (χ1v) is 10.5. The van der Waals surface area contributed by atoms with E-state index in [1.807, 2.05) is 25.1 Å². The van der Waals surface area contributed by atoms with E-state index in [-0.39, 0.29) is 37.4 Å². The van der Waals surface area contributed by atoms with E-state index >= 15 is 0 Å². The van der Waals surface area contributed by atoms with Gasteiger partial charge in [-0.05, 0) is 41.1 Å². The molecule has 12 heteroatoms. The van der Waals surface area contributed by atoms with E-state index in [0.29, 0.717) is 16.6 Å². The first-order chi connectivity index (χ1) is 13.8. The number of thioether (sulfide) groups is 1. The monoisotopic (exact) mass is 491 g/mol. The van der Waals surface area contributed by atoms with Crippen LogP contribution in [0.2, 0.25) is 20.1 Å². The Morgan fingerprint density at radius 1 is 1.17 bits per heavy atom. The Hall–Kier alpha value is -1.71. The van der Waals surface area contributed by atoms with Crippen LogP contribution in [0.4, 0.5) is 5.69 Å². The standard InChI is InChI=1S/C17H13Cl4N5O2S/c1-8-3-4-12(28-2)11(5-8)26-17(23-24-25-26)29-7-13(27)22-16-14(20)9(18)6-10(19)15(16)21/h3-6H,7H2,1-2H3,(H,22,27). The summed E-state index contributed by atoms with van der Waals surface area (Å²) in [5.74, 6) is 0.204. The number of benzene rings is 2. The molecule has 0 aliphatic heterocycles. The highest BCUT2D eigenvalue weighted by Crippen LogP contribution is 2.41. The van der Waals surface area contributed by atoms with Crippen molar-refractivity contribution in [2.75, 3.05) is 18.2 Å². The molecule has 0 unspecified atom stereocenters. The summed E-state index contributed by atoms with van der Waals surface area (Å²) in [4.78, 5) is 12.4. The lowest BCUT2D eigenvalue weighted by Gasteiger charge is -2.12. The normalized spacial score (nSPS) is 10.8. The lowest BCUT2D eigenvalue weighted by Crippen LogP contribution is -2.15. The number of aryl methyl sites for hydroxylation is 1. The van der Waals surface area contributed by atoms with Crippen LogP contribution in [0, 0.1) is 6.92 Å². The van der Waals surface area contributed by atoms with Crippen LogP contribution in [-0.2, 0) is 4.79 Å². The fourth-order valence-electron chi connectivity index (χ4n) is 2.37. The number of rotatable bonds is 6. The average molecular weight is 493 g/mol. The van der Waals surface area contributed by atoms with E-state index in [9.17, 15) is 4.79 Å². The maximum absolute atomic E-state index is 12.4. The Bertz CT molecular complexity index is 1050. The van der Waals surface area contributed by atoms with Crippen molar-refractivity contribution in [3.63, 3.8) is 0 Å². The highest BCUT2D eigenvalue weighted by Gasteiger charge is 2.18. The molecule has 0 bridgehead atoms. The van der Waals surface area contributed by atoms with Gasteiger partial charge in [-0.15, -0.1) is 5.10 Å². The van der Waals surface area contributed by atoms with Crippen LogP contribution in [0.15, 0.2) is 29.4 Å². The largest absolute Gasteiger partial charge is 0.494 e. The van der Waals surface area contributed by atoms with Crippen molar-refractivity contribution in [1.82, 2.24) is 20.2 Å². The molecule has 3 aromatic rings. The molecule has 0 aliphatic carbocycles. The van der Waals surface area contributed by atoms with Gasteiger partial charge < -0.3 is 10.1 Å². The maximum atomic E-state index is 12.4. The molecular weight excluding hydrogens is 480 g/mol. The number of tetrazole rings is 1. The van der Waals surface area contributed by atoms with Gasteiger partial charge in [-0.3, -0.25) is 4.79 Å². The lowest BCUT2D eigenvalue weighted by molar-refractivity contribution is -0.113. The summed E-state index contributed by atoms with van der Waals surface area (Å²) in [6.07, 6.45) is 0. The molecule has 7 nitrogen and oxygen atoms in total. The zero-order valence-electron chi connectivity index (χ0n) is 15.0. The van der Waals surface area contributed by atoms with Crippen LogP contribution >= 0.6 is 58.2 Å². The van der Waals surface area contributed by atoms with Crippen molar-refractivity contribution in [1.29, 1.82) is 0 Å². The van der Waals surface area contributed by atoms with E-state index in [0.717, 1.165) is 17.3 Å². The molecule has 3 rings (SSSR count). The molecule has 1 N–H and O–H groups in total. The van der Waals surface area contributed by atoms with Gasteiger partial charge in [0.2, 0.25) is 11.1 Å². The third-order valence-corrected chi connectivity index (χ3v) is 6.21. The second-order valence-corrected chi connectivity index (χ2v) is 8.24. The van der Waals surface area contributed by atoms with Crippen LogP contribution in [0.3, 0.4) is 0 Å². The number of halogens is 4. The number of ether oxygens (including phenoxy) is 1. The van der Waals surface area contributed by atoms with Crippen molar-refractivity contribution >= 4 is 69.8 Å². The zero-order chi connectivity index (χ0) is 21.1. The molecule has 0 saturated heterocycles. The van der Waals surface area contributed by atoms with Gasteiger partial charge in [0.15, 0.2) is 0 Å². The minimum Gasteiger partial charge on any atom is -0.494 e. The van der Waals surface area contributed by atoms with Gasteiger partial charge in [-0.2, -0.15) is 4.68 Å². The number of hydrogen-bond donors (Lipinski definition) is 1. The first-order valence-electron chi connectivity index (χ1n) is 8.00. The molecule has 0 saturated carbocycles. The summed E-state index contributed by atoms with van der Waals surface area (Å²) in [6, 6.07) is 7.02. The number of nitrogens with zero attached hydrogens (tertiary/aromatic N) is 4. The fourth-order valence-corrected chi connectivity index (χ4v) is 3.96. The number of aromatic nitrogens is 4. The number of hydrogen-bond acceptors (Lipinski definition) is 6. The molecule has 0 spiro atoms. The van der Waals surface area contributed by atoms with Crippen LogP contribution in [0.25, 0.3) is 5.69 Å². The molecule has 1 aromatic heterocycles. The predicted molar refractivity (Wildman–Crippen MR) is 116 cm³/mol. The average Bonchev–Trinajstić information content (AvgIpc) is 3.16. The molecule has 2 aromatic carbocycles. The molecule has 0 atom stereocenters. The lowest BCUT2D eigenvalue weighted by atomic mass is 10.2. The van der Waals surface area contributed by atoms with Gasteiger partial charge in [0.25, 0.3) is 0 Å². The van der Waals surface area contributed by atoms with Gasteiger partial charge in [0, 0.05) is 0 Å². The van der Waals surface area contributed by atoms with Crippen molar-refractivity contribution in [2.45, 2.75) is 12.1 Å². The van der Waals surface area contributed by atoms with E-state index in [2.05, 4.69) is 20.8 Å². The highest BCUT2D eigenvalue weighted by molar-refractivity contribution is 7.99. The molecule has 29 heavy (non-hydrogen) atoms. The van der Waals surface area contributed by atoms with E-state index < -0.39 is 0 Å². The summed E-state index contributed by atoms with van der Waals surface area (Å²) in [7, 11) is 1.56. The Morgan fingerprint density at radius 3 is 2.52 bits per heavy atom. The maximum Gasteiger partial charge on any atom is 0.234 e. The van der Waals surface area contributed by atoms with Crippen LogP contribution in [-0.4, -0.2) is 39.0 Å². The molecule has 1 heterocycles. The van der Waals surface area contributed by atoms with Gasteiger partial charge in [-0.25, -0.2) is 0 Å². The third-order valence-electron chi connectivity index (χ3n) is 3.71. The quantitative estimate of drug-likeness (QED) is 0.370. The zero-order valence-corrected chi connectivity index (χ0v) is 18.9. The fraction of sp³-hybridized carbons (Fsp3) is 0.176. The molecule has 0 aliphatic rings. The topological polar surface area (TPSA) is 81.9 Å². The number of methoxy groups -OCH3 is 1. The minimum absolute atomic E-state index is 0.00864. The van der Waals surface area contributed by atoms with Gasteiger partial charge in [0.05, 0.1) is 38.6 Å². The minimum atomic E-state index is -0.386. The smallest absolute Gasteiger partial charge is 0.234 e. The second-order valence-electron chi connectivity index (χ2n) is 5.73. The highest BCUT2D eigenvalue weighted by atomic mass is 35.5. The molecular formula is C17H13Cl4N5O2S. The number of nitrogens with one attached hydrogen (secondary N) is 1. The Labute approximate surface area is 190 Å². The summed E-state index contributed by atoms with van der Waals surface area (Å²) in [5.41, 5.74) is 1.82. The number of amides is 1. The van der Waals surface area contributed by atoms with E-state index in [4.69, 9.17) is 51.1 Å².